The molecule has 2 heterocycles. The lowest BCUT2D eigenvalue weighted by Crippen LogP contribution is -2.23. The van der Waals surface area contributed by atoms with Gasteiger partial charge in [-0.1, -0.05) is 23.4 Å². The van der Waals surface area contributed by atoms with Crippen molar-refractivity contribution in [2.75, 3.05) is 13.1 Å². The molecule has 0 aromatic carbocycles. The first-order valence-corrected chi connectivity index (χ1v) is 6.52. The predicted octanol–water partition coefficient (Wildman–Crippen LogP) is 2.97. The molecule has 0 saturated heterocycles. The molecule has 0 N–H and O–H groups in total. The largest absolute Gasteiger partial charge is 0.338 e. The summed E-state index contributed by atoms with van der Waals surface area (Å²) in [5.41, 5.74) is 0. The summed E-state index contributed by atoms with van der Waals surface area (Å²) >= 11 is 1.60. The Hall–Kier alpha value is -1.72. The molecule has 0 unspecified atom stereocenters. The molecule has 0 atom stereocenters. The second-order valence-electron chi connectivity index (χ2n) is 3.76. The first-order chi connectivity index (χ1) is 8.83. The fraction of sp³-hybridized carbons (Fsp3) is 0.231. The van der Waals surface area contributed by atoms with Crippen molar-refractivity contribution in [3.63, 3.8) is 0 Å². The van der Waals surface area contributed by atoms with Crippen LogP contribution in [0.4, 0.5) is 0 Å². The summed E-state index contributed by atoms with van der Waals surface area (Å²) in [6.07, 6.45) is 3.69. The zero-order valence-electron chi connectivity index (χ0n) is 10.1. The highest BCUT2D eigenvalue weighted by Crippen LogP contribution is 2.21. The first kappa shape index (κ1) is 12.7. The maximum atomic E-state index is 5.25. The zero-order chi connectivity index (χ0) is 12.8. The monoisotopic (exact) mass is 261 g/mol. The van der Waals surface area contributed by atoms with Crippen molar-refractivity contribution in [1.82, 2.24) is 15.0 Å². The lowest BCUT2D eigenvalue weighted by atomic mass is 10.4. The van der Waals surface area contributed by atoms with Crippen molar-refractivity contribution in [2.45, 2.75) is 6.54 Å². The number of rotatable bonds is 7. The quantitative estimate of drug-likeness (QED) is 0.719. The summed E-state index contributed by atoms with van der Waals surface area (Å²) < 4.78 is 5.25. The smallest absolute Gasteiger partial charge is 0.241 e. The molecule has 0 aliphatic carbocycles. The van der Waals surface area contributed by atoms with Crippen LogP contribution in [0.25, 0.3) is 10.7 Å². The molecule has 0 saturated carbocycles. The van der Waals surface area contributed by atoms with Crippen molar-refractivity contribution >= 4 is 11.3 Å². The van der Waals surface area contributed by atoms with Crippen molar-refractivity contribution in [3.8, 4) is 10.7 Å². The van der Waals surface area contributed by atoms with Gasteiger partial charge in [0.2, 0.25) is 11.7 Å². The maximum absolute atomic E-state index is 5.25. The highest BCUT2D eigenvalue weighted by atomic mass is 32.1. The molecule has 94 valence electrons. The third-order valence-corrected chi connectivity index (χ3v) is 3.21. The molecule has 0 fully saturated rings. The molecule has 2 rings (SSSR count). The standard InChI is InChI=1S/C13H15N3OS/c1-3-7-16(8-4-2)10-12-14-13(15-17-12)11-6-5-9-18-11/h3-6,9H,1-2,7-8,10H2. The van der Waals surface area contributed by atoms with Crippen LogP contribution < -0.4 is 0 Å². The highest BCUT2D eigenvalue weighted by molar-refractivity contribution is 7.13. The highest BCUT2D eigenvalue weighted by Gasteiger charge is 2.11. The topological polar surface area (TPSA) is 42.2 Å². The Balaban J connectivity index is 2.05. The third kappa shape index (κ3) is 3.15. The summed E-state index contributed by atoms with van der Waals surface area (Å²) in [4.78, 5) is 7.51. The van der Waals surface area contributed by atoms with Gasteiger partial charge >= 0.3 is 0 Å². The average molecular weight is 261 g/mol. The molecule has 18 heavy (non-hydrogen) atoms. The maximum Gasteiger partial charge on any atom is 0.241 e. The Kier molecular flexibility index (Phi) is 4.44. The average Bonchev–Trinajstić information content (AvgIpc) is 2.98. The van der Waals surface area contributed by atoms with Gasteiger partial charge in [0.1, 0.15) is 0 Å². The van der Waals surface area contributed by atoms with Gasteiger partial charge in [0.05, 0.1) is 11.4 Å². The Labute approximate surface area is 110 Å². The van der Waals surface area contributed by atoms with Gasteiger partial charge in [0.15, 0.2) is 0 Å². The number of hydrogen-bond acceptors (Lipinski definition) is 5. The summed E-state index contributed by atoms with van der Waals surface area (Å²) in [5, 5.41) is 5.97. The zero-order valence-corrected chi connectivity index (χ0v) is 10.9. The van der Waals surface area contributed by atoms with Gasteiger partial charge < -0.3 is 4.52 Å². The summed E-state index contributed by atoms with van der Waals surface area (Å²) in [7, 11) is 0. The SMILES string of the molecule is C=CCN(CC=C)Cc1nc(-c2cccs2)no1. The molecular formula is C13H15N3OS. The van der Waals surface area contributed by atoms with E-state index in [1.54, 1.807) is 11.3 Å². The molecule has 0 radical (unpaired) electrons. The second kappa shape index (κ2) is 6.28. The summed E-state index contributed by atoms with van der Waals surface area (Å²) in [6, 6.07) is 3.95. The van der Waals surface area contributed by atoms with E-state index in [1.807, 2.05) is 29.7 Å². The molecule has 2 aromatic heterocycles. The number of aromatic nitrogens is 2. The second-order valence-corrected chi connectivity index (χ2v) is 4.71. The molecule has 0 spiro atoms. The van der Waals surface area contributed by atoms with Crippen LogP contribution in [0.1, 0.15) is 5.89 Å². The molecule has 0 aliphatic rings. The Morgan fingerprint density at radius 1 is 1.33 bits per heavy atom. The Morgan fingerprint density at radius 3 is 2.72 bits per heavy atom. The van der Waals surface area contributed by atoms with E-state index in [0.717, 1.165) is 18.0 Å². The van der Waals surface area contributed by atoms with Crippen LogP contribution >= 0.6 is 11.3 Å². The molecule has 4 nitrogen and oxygen atoms in total. The van der Waals surface area contributed by atoms with Gasteiger partial charge in [-0.2, -0.15) is 4.98 Å². The van der Waals surface area contributed by atoms with E-state index in [1.165, 1.54) is 0 Å². The molecule has 0 aliphatic heterocycles. The van der Waals surface area contributed by atoms with Gasteiger partial charge in [-0.15, -0.1) is 24.5 Å². The molecule has 5 heteroatoms. The van der Waals surface area contributed by atoms with Crippen molar-refractivity contribution < 1.29 is 4.52 Å². The van der Waals surface area contributed by atoms with Crippen LogP contribution in [0.3, 0.4) is 0 Å². The van der Waals surface area contributed by atoms with Crippen LogP contribution in [-0.4, -0.2) is 28.1 Å². The van der Waals surface area contributed by atoms with E-state index in [-0.39, 0.29) is 0 Å². The van der Waals surface area contributed by atoms with Crippen LogP contribution in [-0.2, 0) is 6.54 Å². The summed E-state index contributed by atoms with van der Waals surface area (Å²) in [5.74, 6) is 1.26. The van der Waals surface area contributed by atoms with Crippen LogP contribution in [0.2, 0.25) is 0 Å². The minimum absolute atomic E-state index is 0.608. The van der Waals surface area contributed by atoms with Crippen molar-refractivity contribution in [2.24, 2.45) is 0 Å². The number of nitrogens with zero attached hydrogens (tertiary/aromatic N) is 3. The van der Waals surface area contributed by atoms with E-state index < -0.39 is 0 Å². The lowest BCUT2D eigenvalue weighted by molar-refractivity contribution is 0.266. The summed E-state index contributed by atoms with van der Waals surface area (Å²) in [6.45, 7) is 9.60. The van der Waals surface area contributed by atoms with Crippen LogP contribution in [0.15, 0.2) is 47.3 Å². The van der Waals surface area contributed by atoms with E-state index in [2.05, 4.69) is 28.2 Å². The minimum Gasteiger partial charge on any atom is -0.338 e. The lowest BCUT2D eigenvalue weighted by Gasteiger charge is -2.15. The van der Waals surface area contributed by atoms with E-state index in [9.17, 15) is 0 Å². The van der Waals surface area contributed by atoms with E-state index in [4.69, 9.17) is 4.52 Å². The Bertz CT molecular complexity index is 494. The van der Waals surface area contributed by atoms with E-state index in [0.29, 0.717) is 18.3 Å². The van der Waals surface area contributed by atoms with Gasteiger partial charge in [0, 0.05) is 13.1 Å². The molecule has 0 bridgehead atoms. The van der Waals surface area contributed by atoms with Crippen molar-refractivity contribution in [1.29, 1.82) is 0 Å². The third-order valence-electron chi connectivity index (χ3n) is 2.34. The molecular weight excluding hydrogens is 246 g/mol. The van der Waals surface area contributed by atoms with Gasteiger partial charge in [-0.3, -0.25) is 4.90 Å². The molecule has 2 aromatic rings. The Morgan fingerprint density at radius 2 is 2.11 bits per heavy atom. The minimum atomic E-state index is 0.608. The predicted molar refractivity (Wildman–Crippen MR) is 73.3 cm³/mol. The molecule has 0 amide bonds. The number of thiophene rings is 1. The van der Waals surface area contributed by atoms with Crippen LogP contribution in [0.5, 0.6) is 0 Å². The fourth-order valence-corrected chi connectivity index (χ4v) is 2.23. The normalized spacial score (nSPS) is 10.7. The van der Waals surface area contributed by atoms with Gasteiger partial charge in [-0.25, -0.2) is 0 Å². The van der Waals surface area contributed by atoms with Crippen molar-refractivity contribution in [3.05, 3.63) is 48.7 Å². The van der Waals surface area contributed by atoms with Crippen LogP contribution in [0, 0.1) is 0 Å². The van der Waals surface area contributed by atoms with Gasteiger partial charge in [0.25, 0.3) is 0 Å². The fourth-order valence-electron chi connectivity index (χ4n) is 1.59. The first-order valence-electron chi connectivity index (χ1n) is 5.64. The van der Waals surface area contributed by atoms with E-state index >= 15 is 0 Å². The van der Waals surface area contributed by atoms with Gasteiger partial charge in [-0.05, 0) is 11.4 Å². The number of hydrogen-bond donors (Lipinski definition) is 0.